The second-order valence-corrected chi connectivity index (χ2v) is 5.59. The minimum atomic E-state index is -0.826. The Kier molecular flexibility index (Phi) is 11.2. The van der Waals surface area contributed by atoms with E-state index in [1.165, 1.54) is 7.69 Å². The number of rotatable bonds is 4. The fourth-order valence-corrected chi connectivity index (χ4v) is 0.593. The molecule has 1 rings (SSSR count). The molecular formula is C7H9BCl2O2Zr-. The van der Waals surface area contributed by atoms with Crippen LogP contribution >= 0.6 is 17.0 Å². The molecule has 1 aromatic rings. The summed E-state index contributed by atoms with van der Waals surface area (Å²) in [7, 11) is 11.2. The van der Waals surface area contributed by atoms with Crippen LogP contribution in [-0.2, 0) is 25.5 Å². The molecule has 0 atom stereocenters. The average molecular weight is 298 g/mol. The molecule has 0 aromatic heterocycles. The molecule has 0 heterocycles. The molecule has 0 amide bonds. The van der Waals surface area contributed by atoms with Crippen LogP contribution in [0.25, 0.3) is 0 Å². The SMILES string of the molecule is CCO[B]O[c-]1cccc1.[Cl][Zr][Cl]. The van der Waals surface area contributed by atoms with Crippen molar-refractivity contribution in [3.05, 3.63) is 24.3 Å². The van der Waals surface area contributed by atoms with Gasteiger partial charge in [0.05, 0.1) is 0 Å². The van der Waals surface area contributed by atoms with Gasteiger partial charge < -0.3 is 9.31 Å². The van der Waals surface area contributed by atoms with Gasteiger partial charge >= 0.3 is 45.6 Å². The molecule has 0 aliphatic carbocycles. The summed E-state index contributed by atoms with van der Waals surface area (Å²) in [6.45, 7) is 2.55. The first-order valence-electron chi connectivity index (χ1n) is 3.63. The summed E-state index contributed by atoms with van der Waals surface area (Å²) < 4.78 is 9.90. The van der Waals surface area contributed by atoms with Gasteiger partial charge in [0.25, 0.3) is 0 Å². The van der Waals surface area contributed by atoms with Gasteiger partial charge in [-0.15, -0.1) is 12.1 Å². The van der Waals surface area contributed by atoms with E-state index in [4.69, 9.17) is 26.3 Å². The molecule has 0 saturated heterocycles. The zero-order chi connectivity index (χ0) is 9.94. The quantitative estimate of drug-likeness (QED) is 0.483. The third-order valence-corrected chi connectivity index (χ3v) is 1.05. The van der Waals surface area contributed by atoms with Crippen molar-refractivity contribution >= 4 is 24.7 Å². The molecule has 71 valence electrons. The Bertz CT molecular complexity index is 185. The summed E-state index contributed by atoms with van der Waals surface area (Å²) in [5.74, 6) is 0.813. The van der Waals surface area contributed by atoms with Crippen LogP contribution in [0.1, 0.15) is 6.92 Å². The molecule has 6 heteroatoms. The first-order chi connectivity index (χ1) is 6.35. The van der Waals surface area contributed by atoms with E-state index < -0.39 is 20.8 Å². The monoisotopic (exact) mass is 296 g/mol. The van der Waals surface area contributed by atoms with Crippen LogP contribution in [0.2, 0.25) is 0 Å². The molecule has 2 nitrogen and oxygen atoms in total. The molecule has 0 N–H and O–H groups in total. The van der Waals surface area contributed by atoms with Crippen LogP contribution < -0.4 is 4.65 Å². The normalized spacial score (nSPS) is 8.23. The fourth-order valence-electron chi connectivity index (χ4n) is 0.593. The van der Waals surface area contributed by atoms with Gasteiger partial charge in [-0.2, -0.15) is 0 Å². The predicted molar refractivity (Wildman–Crippen MR) is 51.7 cm³/mol. The summed E-state index contributed by atoms with van der Waals surface area (Å²) in [4.78, 5) is 0. The molecule has 0 unspecified atom stereocenters. The van der Waals surface area contributed by atoms with Gasteiger partial charge in [0.15, 0.2) is 0 Å². The van der Waals surface area contributed by atoms with Gasteiger partial charge in [0.1, 0.15) is 0 Å². The van der Waals surface area contributed by atoms with Gasteiger partial charge in [0.2, 0.25) is 0 Å². The van der Waals surface area contributed by atoms with Crippen molar-refractivity contribution < 1.29 is 30.2 Å². The first-order valence-corrected chi connectivity index (χ1v) is 9.96. The summed E-state index contributed by atoms with van der Waals surface area (Å²) in [5, 5.41) is 0. The van der Waals surface area contributed by atoms with Crippen LogP contribution in [0.15, 0.2) is 24.3 Å². The van der Waals surface area contributed by atoms with Crippen molar-refractivity contribution in [1.29, 1.82) is 0 Å². The molecule has 13 heavy (non-hydrogen) atoms. The van der Waals surface area contributed by atoms with E-state index >= 15 is 0 Å². The van der Waals surface area contributed by atoms with Crippen LogP contribution in [0, 0.1) is 0 Å². The second-order valence-electron chi connectivity index (χ2n) is 1.86. The summed E-state index contributed by atoms with van der Waals surface area (Å²) in [6.07, 6.45) is 0. The Morgan fingerprint density at radius 2 is 1.92 bits per heavy atom. The standard InChI is InChI=1S/C7H9BO2.2ClH.Zr/c1-2-9-8-10-7-5-3-4-6-7;;;/h3-6H,2H2,1H3;2*1H;/q-1;;;+2/p-2. The number of hydrogen-bond donors (Lipinski definition) is 0. The molecule has 0 bridgehead atoms. The summed E-state index contributed by atoms with van der Waals surface area (Å²) in [6, 6.07) is 7.56. The van der Waals surface area contributed by atoms with E-state index in [0.717, 1.165) is 5.75 Å². The van der Waals surface area contributed by atoms with Gasteiger partial charge in [-0.25, -0.2) is 12.1 Å². The Labute approximate surface area is 97.8 Å². The Balaban J connectivity index is 0.000000424. The zero-order valence-electron chi connectivity index (χ0n) is 7.17. The predicted octanol–water partition coefficient (Wildman–Crippen LogP) is 2.73. The molecule has 0 spiro atoms. The van der Waals surface area contributed by atoms with E-state index in [-0.39, 0.29) is 0 Å². The van der Waals surface area contributed by atoms with E-state index in [9.17, 15) is 0 Å². The first kappa shape index (κ1) is 13.6. The van der Waals surface area contributed by atoms with Crippen LogP contribution in [-0.4, -0.2) is 14.3 Å². The van der Waals surface area contributed by atoms with Gasteiger partial charge in [-0.3, -0.25) is 0 Å². The molecule has 1 radical (unpaired) electrons. The van der Waals surface area contributed by atoms with Crippen LogP contribution in [0.5, 0.6) is 5.75 Å². The summed E-state index contributed by atoms with van der Waals surface area (Å²) >= 11 is -0.826. The Hall–Kier alpha value is 0.638. The second kappa shape index (κ2) is 10.7. The van der Waals surface area contributed by atoms with Gasteiger partial charge in [-0.05, 0) is 12.7 Å². The van der Waals surface area contributed by atoms with E-state index in [0.29, 0.717) is 6.61 Å². The molecule has 1 aromatic carbocycles. The average Bonchev–Trinajstić information content (AvgIpc) is 2.59. The molecule has 0 aliphatic rings. The van der Waals surface area contributed by atoms with E-state index in [2.05, 4.69) is 0 Å². The van der Waals surface area contributed by atoms with E-state index in [1.807, 2.05) is 31.2 Å². The molecule has 0 aliphatic heterocycles. The third-order valence-electron chi connectivity index (χ3n) is 1.05. The van der Waals surface area contributed by atoms with Crippen molar-refractivity contribution in [2.45, 2.75) is 6.92 Å². The maximum atomic E-state index is 5.04. The van der Waals surface area contributed by atoms with Crippen molar-refractivity contribution in [1.82, 2.24) is 0 Å². The van der Waals surface area contributed by atoms with Crippen LogP contribution in [0.3, 0.4) is 0 Å². The molecular weight excluding hydrogens is 289 g/mol. The molecule has 0 saturated carbocycles. The Morgan fingerprint density at radius 1 is 1.38 bits per heavy atom. The molecule has 0 fully saturated rings. The van der Waals surface area contributed by atoms with Crippen molar-refractivity contribution in [2.75, 3.05) is 6.61 Å². The maximum absolute atomic E-state index is 5.04. The minimum absolute atomic E-state index is 0.640. The van der Waals surface area contributed by atoms with E-state index in [1.54, 1.807) is 0 Å². The van der Waals surface area contributed by atoms with Crippen LogP contribution in [0.4, 0.5) is 0 Å². The van der Waals surface area contributed by atoms with Crippen molar-refractivity contribution in [3.8, 4) is 5.75 Å². The fraction of sp³-hybridized carbons (Fsp3) is 0.286. The number of hydrogen-bond acceptors (Lipinski definition) is 2. The van der Waals surface area contributed by atoms with Gasteiger partial charge in [0, 0.05) is 6.61 Å². The topological polar surface area (TPSA) is 18.5 Å². The third kappa shape index (κ3) is 8.95. The van der Waals surface area contributed by atoms with Crippen molar-refractivity contribution in [3.63, 3.8) is 0 Å². The Morgan fingerprint density at radius 3 is 2.38 bits per heavy atom. The zero-order valence-corrected chi connectivity index (χ0v) is 11.1. The van der Waals surface area contributed by atoms with Gasteiger partial charge in [-0.1, -0.05) is 0 Å². The summed E-state index contributed by atoms with van der Waals surface area (Å²) in [5.41, 5.74) is 0. The van der Waals surface area contributed by atoms with Crippen molar-refractivity contribution in [2.24, 2.45) is 0 Å². The number of halogens is 2.